The summed E-state index contributed by atoms with van der Waals surface area (Å²) in [6.07, 6.45) is 2.97. The molecule has 2 heterocycles. The Morgan fingerprint density at radius 2 is 1.61 bits per heavy atom. The SMILES string of the molecule is CCCn1c(=NC(=O)c2ccc(S(=O)(=O)N3CC(C)CC(C)C3)cc2)sc2cc(S(C)(=O)=O)ccc21. The summed E-state index contributed by atoms with van der Waals surface area (Å²) in [5.74, 6) is 0.111. The summed E-state index contributed by atoms with van der Waals surface area (Å²) in [6.45, 7) is 7.73. The number of carbonyl (C=O) groups excluding carboxylic acids is 1. The monoisotopic (exact) mass is 549 g/mol. The van der Waals surface area contributed by atoms with Crippen LogP contribution in [0.5, 0.6) is 0 Å². The van der Waals surface area contributed by atoms with E-state index in [9.17, 15) is 21.6 Å². The van der Waals surface area contributed by atoms with Gasteiger partial charge >= 0.3 is 0 Å². The minimum Gasteiger partial charge on any atom is -0.316 e. The second-order valence-electron chi connectivity index (χ2n) is 9.65. The Bertz CT molecular complexity index is 1560. The maximum atomic E-state index is 13.1. The number of benzene rings is 2. The van der Waals surface area contributed by atoms with Gasteiger partial charge in [0.05, 0.1) is 20.0 Å². The molecule has 3 aromatic rings. The van der Waals surface area contributed by atoms with E-state index in [0.717, 1.165) is 29.3 Å². The Hall–Kier alpha value is -2.34. The molecule has 0 bridgehead atoms. The molecule has 0 saturated carbocycles. The van der Waals surface area contributed by atoms with E-state index in [1.807, 2.05) is 11.5 Å². The van der Waals surface area contributed by atoms with Gasteiger partial charge in [-0.3, -0.25) is 4.79 Å². The maximum Gasteiger partial charge on any atom is 0.279 e. The average Bonchev–Trinajstić information content (AvgIpc) is 3.14. The second kappa shape index (κ2) is 10.2. The van der Waals surface area contributed by atoms with Gasteiger partial charge in [0.25, 0.3) is 5.91 Å². The van der Waals surface area contributed by atoms with Gasteiger partial charge in [-0.15, -0.1) is 0 Å². The predicted octanol–water partition coefficient (Wildman–Crippen LogP) is 3.92. The number of thiazole rings is 1. The molecule has 2 aromatic carbocycles. The number of aryl methyl sites for hydroxylation is 1. The lowest BCUT2D eigenvalue weighted by Crippen LogP contribution is -2.42. The molecular formula is C25H31N3O5S3. The highest BCUT2D eigenvalue weighted by Gasteiger charge is 2.31. The number of amides is 1. The summed E-state index contributed by atoms with van der Waals surface area (Å²) in [7, 11) is -7.00. The topological polar surface area (TPSA) is 106 Å². The first kappa shape index (κ1) is 26.7. The van der Waals surface area contributed by atoms with Crippen LogP contribution in [0.25, 0.3) is 10.2 Å². The standard InChI is InChI=1S/C25H31N3O5S3/c1-5-12-28-22-11-10-21(35(4,30)31)14-23(22)34-25(28)26-24(29)19-6-8-20(9-7-19)36(32,33)27-15-17(2)13-18(3)16-27/h6-11,14,17-18H,5,12-13,15-16H2,1-4H3. The minimum absolute atomic E-state index is 0.163. The lowest BCUT2D eigenvalue weighted by molar-refractivity contribution is 0.0997. The first-order valence-electron chi connectivity index (χ1n) is 11.9. The normalized spacial score (nSPS) is 20.2. The van der Waals surface area contributed by atoms with E-state index >= 15 is 0 Å². The molecular weight excluding hydrogens is 518 g/mol. The first-order valence-corrected chi connectivity index (χ1v) is 16.1. The lowest BCUT2D eigenvalue weighted by atomic mass is 9.94. The summed E-state index contributed by atoms with van der Waals surface area (Å²) in [4.78, 5) is 18.2. The van der Waals surface area contributed by atoms with Gasteiger partial charge < -0.3 is 4.57 Å². The maximum absolute atomic E-state index is 13.1. The third kappa shape index (κ3) is 5.49. The number of hydrogen-bond donors (Lipinski definition) is 0. The van der Waals surface area contributed by atoms with Crippen LogP contribution in [-0.2, 0) is 26.4 Å². The van der Waals surface area contributed by atoms with E-state index in [-0.39, 0.29) is 15.4 Å². The summed E-state index contributed by atoms with van der Waals surface area (Å²) in [6, 6.07) is 10.8. The van der Waals surface area contributed by atoms with Crippen molar-refractivity contribution < 1.29 is 21.6 Å². The molecule has 194 valence electrons. The molecule has 1 aliphatic rings. The summed E-state index contributed by atoms with van der Waals surface area (Å²) >= 11 is 1.25. The molecule has 1 aliphatic heterocycles. The molecule has 1 fully saturated rings. The van der Waals surface area contributed by atoms with Gasteiger partial charge in [-0.1, -0.05) is 32.1 Å². The molecule has 0 N–H and O–H groups in total. The van der Waals surface area contributed by atoms with Gasteiger partial charge in [0.15, 0.2) is 14.6 Å². The fourth-order valence-corrected chi connectivity index (χ4v) is 8.18. The summed E-state index contributed by atoms with van der Waals surface area (Å²) < 4.78 is 54.4. The number of nitrogens with zero attached hydrogens (tertiary/aromatic N) is 3. The van der Waals surface area contributed by atoms with E-state index in [0.29, 0.717) is 36.3 Å². The van der Waals surface area contributed by atoms with Crippen molar-refractivity contribution in [1.29, 1.82) is 0 Å². The number of rotatable bonds is 6. The zero-order valence-corrected chi connectivity index (χ0v) is 23.3. The molecule has 0 spiro atoms. The highest BCUT2D eigenvalue weighted by Crippen LogP contribution is 2.27. The van der Waals surface area contributed by atoms with Crippen LogP contribution >= 0.6 is 11.3 Å². The van der Waals surface area contributed by atoms with Crippen LogP contribution in [0.15, 0.2) is 57.2 Å². The van der Waals surface area contributed by atoms with Crippen molar-refractivity contribution in [1.82, 2.24) is 8.87 Å². The van der Waals surface area contributed by atoms with Gasteiger partial charge in [0, 0.05) is 31.5 Å². The Labute approximate surface area is 216 Å². The number of hydrogen-bond acceptors (Lipinski definition) is 6. The number of carbonyl (C=O) groups is 1. The Morgan fingerprint density at radius 3 is 2.19 bits per heavy atom. The summed E-state index contributed by atoms with van der Waals surface area (Å²) in [5, 5.41) is 0. The van der Waals surface area contributed by atoms with Crippen molar-refractivity contribution in [3.63, 3.8) is 0 Å². The van der Waals surface area contributed by atoms with Crippen LogP contribution in [0, 0.1) is 11.8 Å². The van der Waals surface area contributed by atoms with Crippen LogP contribution in [0.1, 0.15) is 44.0 Å². The average molecular weight is 550 g/mol. The predicted molar refractivity (Wildman–Crippen MR) is 141 cm³/mol. The van der Waals surface area contributed by atoms with Crippen molar-refractivity contribution in [3.05, 3.63) is 52.8 Å². The second-order valence-corrected chi connectivity index (χ2v) is 14.6. The van der Waals surface area contributed by atoms with Crippen molar-refractivity contribution in [2.75, 3.05) is 19.3 Å². The molecule has 8 nitrogen and oxygen atoms in total. The van der Waals surface area contributed by atoms with Crippen molar-refractivity contribution >= 4 is 47.3 Å². The zero-order chi connectivity index (χ0) is 26.3. The zero-order valence-electron chi connectivity index (χ0n) is 20.8. The van der Waals surface area contributed by atoms with Gasteiger partial charge in [-0.2, -0.15) is 9.30 Å². The van der Waals surface area contributed by atoms with Crippen molar-refractivity contribution in [2.24, 2.45) is 16.8 Å². The van der Waals surface area contributed by atoms with Crippen LogP contribution in [-0.4, -0.2) is 51.0 Å². The largest absolute Gasteiger partial charge is 0.316 e. The number of sulfonamides is 1. The Kier molecular flexibility index (Phi) is 7.57. The molecule has 1 aromatic heterocycles. The highest BCUT2D eigenvalue weighted by atomic mass is 32.2. The molecule has 4 rings (SSSR count). The van der Waals surface area contributed by atoms with Crippen LogP contribution < -0.4 is 4.80 Å². The summed E-state index contributed by atoms with van der Waals surface area (Å²) in [5.41, 5.74) is 1.10. The number of piperidine rings is 1. The van der Waals surface area contributed by atoms with E-state index in [2.05, 4.69) is 18.8 Å². The molecule has 2 atom stereocenters. The highest BCUT2D eigenvalue weighted by molar-refractivity contribution is 7.90. The van der Waals surface area contributed by atoms with Crippen LogP contribution in [0.4, 0.5) is 0 Å². The molecule has 36 heavy (non-hydrogen) atoms. The quantitative estimate of drug-likeness (QED) is 0.463. The molecule has 2 unspecified atom stereocenters. The van der Waals surface area contributed by atoms with E-state index in [4.69, 9.17) is 0 Å². The fourth-order valence-electron chi connectivity index (χ4n) is 4.68. The smallest absolute Gasteiger partial charge is 0.279 e. The Morgan fingerprint density at radius 1 is 1.00 bits per heavy atom. The van der Waals surface area contributed by atoms with Gasteiger partial charge in [0.1, 0.15) is 0 Å². The molecule has 0 aliphatic carbocycles. The third-order valence-electron chi connectivity index (χ3n) is 6.30. The number of aromatic nitrogens is 1. The van der Waals surface area contributed by atoms with Crippen LogP contribution in [0.2, 0.25) is 0 Å². The van der Waals surface area contributed by atoms with E-state index < -0.39 is 25.8 Å². The lowest BCUT2D eigenvalue weighted by Gasteiger charge is -2.34. The Balaban J connectivity index is 1.66. The van der Waals surface area contributed by atoms with Crippen LogP contribution in [0.3, 0.4) is 0 Å². The molecule has 11 heteroatoms. The fraction of sp³-hybridized carbons (Fsp3) is 0.440. The van der Waals surface area contributed by atoms with E-state index in [1.165, 1.54) is 39.9 Å². The van der Waals surface area contributed by atoms with Crippen molar-refractivity contribution in [2.45, 2.75) is 49.9 Å². The van der Waals surface area contributed by atoms with Gasteiger partial charge in [-0.05, 0) is 67.1 Å². The molecule has 1 saturated heterocycles. The van der Waals surface area contributed by atoms with Gasteiger partial charge in [0.2, 0.25) is 10.0 Å². The third-order valence-corrected chi connectivity index (χ3v) is 10.3. The number of sulfone groups is 1. The van der Waals surface area contributed by atoms with Crippen molar-refractivity contribution in [3.8, 4) is 0 Å². The number of fused-ring (bicyclic) bond motifs is 1. The first-order chi connectivity index (χ1) is 16.9. The van der Waals surface area contributed by atoms with Gasteiger partial charge in [-0.25, -0.2) is 16.8 Å². The van der Waals surface area contributed by atoms with E-state index in [1.54, 1.807) is 18.2 Å². The molecule has 0 radical (unpaired) electrons. The minimum atomic E-state index is -3.64. The molecule has 1 amide bonds.